The Kier molecular flexibility index (Phi) is 4.97. The van der Waals surface area contributed by atoms with E-state index in [1.165, 1.54) is 0 Å². The summed E-state index contributed by atoms with van der Waals surface area (Å²) in [6, 6.07) is 0. The van der Waals surface area contributed by atoms with Crippen molar-refractivity contribution in [2.45, 2.75) is 31.7 Å². The maximum absolute atomic E-state index is 10.7. The van der Waals surface area contributed by atoms with Crippen molar-refractivity contribution in [3.63, 3.8) is 0 Å². The fourth-order valence-electron chi connectivity index (χ4n) is 2.01. The van der Waals surface area contributed by atoms with E-state index < -0.39 is 5.97 Å². The van der Waals surface area contributed by atoms with Crippen molar-refractivity contribution in [1.29, 1.82) is 0 Å². The van der Waals surface area contributed by atoms with E-state index in [1.807, 2.05) is 20.2 Å². The van der Waals surface area contributed by atoms with Crippen LogP contribution in [0.3, 0.4) is 0 Å². The van der Waals surface area contributed by atoms with E-state index in [4.69, 9.17) is 5.11 Å². The van der Waals surface area contributed by atoms with Gasteiger partial charge in [-0.05, 0) is 6.42 Å². The molecule has 0 aromatic carbocycles. The number of hydrogen-bond donors (Lipinski definition) is 2. The number of hydrogen-bond acceptors (Lipinski definition) is 6. The van der Waals surface area contributed by atoms with Crippen LogP contribution >= 0.6 is 11.8 Å². The zero-order valence-electron chi connectivity index (χ0n) is 11.9. The summed E-state index contributed by atoms with van der Waals surface area (Å²) < 4.78 is 3.46. The van der Waals surface area contributed by atoms with Crippen molar-refractivity contribution in [2.75, 3.05) is 5.75 Å². The number of aliphatic carboxylic acids is 1. The van der Waals surface area contributed by atoms with E-state index in [0.29, 0.717) is 17.5 Å². The Labute approximate surface area is 125 Å². The van der Waals surface area contributed by atoms with E-state index in [-0.39, 0.29) is 12.4 Å². The summed E-state index contributed by atoms with van der Waals surface area (Å²) in [6.45, 7) is 2.23. The molecule has 0 aliphatic carbocycles. The van der Waals surface area contributed by atoms with Gasteiger partial charge in [-0.2, -0.15) is 5.10 Å². The Hall–Kier alpha value is -1.87. The molecule has 0 radical (unpaired) electrons. The average Bonchev–Trinajstić information content (AvgIpc) is 3.00. The monoisotopic (exact) mass is 311 g/mol. The van der Waals surface area contributed by atoms with Crippen LogP contribution in [0.15, 0.2) is 11.4 Å². The molecule has 0 bridgehead atoms. The number of aliphatic hydroxyl groups is 1. The van der Waals surface area contributed by atoms with Crippen LogP contribution in [0.2, 0.25) is 0 Å². The van der Waals surface area contributed by atoms with E-state index >= 15 is 0 Å². The van der Waals surface area contributed by atoms with E-state index in [1.54, 1.807) is 9.25 Å². The normalized spacial score (nSPS) is 11.0. The molecule has 2 N–H and O–H groups in total. The minimum absolute atomic E-state index is 0.1000. The molecule has 2 heterocycles. The molecule has 0 aliphatic heterocycles. The Morgan fingerprint density at radius 1 is 1.43 bits per heavy atom. The molecule has 0 fully saturated rings. The number of carboxylic acids is 1. The standard InChI is InChI=1S/C12H17N5O3S/c1-3-9-8(4-16(2)15-9)5-17-10(6-18)13-14-12(17)21-7-11(19)20/h4,18H,3,5-7H2,1-2H3,(H,19,20). The van der Waals surface area contributed by atoms with Crippen molar-refractivity contribution in [1.82, 2.24) is 24.5 Å². The highest BCUT2D eigenvalue weighted by atomic mass is 32.2. The third kappa shape index (κ3) is 3.61. The van der Waals surface area contributed by atoms with Crippen LogP contribution in [0.5, 0.6) is 0 Å². The number of carboxylic acid groups (broad SMARTS) is 1. The first-order valence-corrected chi connectivity index (χ1v) is 7.42. The molecular weight excluding hydrogens is 294 g/mol. The smallest absolute Gasteiger partial charge is 0.313 e. The van der Waals surface area contributed by atoms with Crippen molar-refractivity contribution < 1.29 is 15.0 Å². The van der Waals surface area contributed by atoms with Crippen LogP contribution in [0.4, 0.5) is 0 Å². The summed E-state index contributed by atoms with van der Waals surface area (Å²) in [7, 11) is 1.85. The van der Waals surface area contributed by atoms with Crippen molar-refractivity contribution >= 4 is 17.7 Å². The molecule has 0 aliphatic rings. The molecule has 2 aromatic heterocycles. The van der Waals surface area contributed by atoms with Crippen LogP contribution in [0, 0.1) is 0 Å². The van der Waals surface area contributed by atoms with Gasteiger partial charge in [0.1, 0.15) is 6.61 Å². The number of nitrogens with zero attached hydrogens (tertiary/aromatic N) is 5. The predicted molar refractivity (Wildman–Crippen MR) is 76.0 cm³/mol. The molecule has 2 aromatic rings. The average molecular weight is 311 g/mol. The largest absolute Gasteiger partial charge is 0.481 e. The van der Waals surface area contributed by atoms with Gasteiger partial charge in [-0.15, -0.1) is 10.2 Å². The number of carbonyl (C=O) groups is 1. The lowest BCUT2D eigenvalue weighted by molar-refractivity contribution is -0.133. The van der Waals surface area contributed by atoms with Gasteiger partial charge in [0.25, 0.3) is 0 Å². The van der Waals surface area contributed by atoms with Crippen LogP contribution < -0.4 is 0 Å². The Morgan fingerprint density at radius 2 is 2.19 bits per heavy atom. The van der Waals surface area contributed by atoms with Gasteiger partial charge in [0, 0.05) is 18.8 Å². The Balaban J connectivity index is 2.28. The van der Waals surface area contributed by atoms with Crippen molar-refractivity contribution in [3.05, 3.63) is 23.3 Å². The van der Waals surface area contributed by atoms with Gasteiger partial charge < -0.3 is 10.2 Å². The Morgan fingerprint density at radius 3 is 2.81 bits per heavy atom. The molecule has 114 valence electrons. The highest BCUT2D eigenvalue weighted by molar-refractivity contribution is 7.99. The quantitative estimate of drug-likeness (QED) is 0.708. The number of rotatable bonds is 7. The topological polar surface area (TPSA) is 106 Å². The molecule has 0 amide bonds. The summed E-state index contributed by atoms with van der Waals surface area (Å²) in [6.07, 6.45) is 2.70. The second kappa shape index (κ2) is 6.72. The molecule has 8 nitrogen and oxygen atoms in total. The fraction of sp³-hybridized carbons (Fsp3) is 0.500. The molecule has 0 saturated heterocycles. The second-order valence-corrected chi connectivity index (χ2v) is 5.40. The Bertz CT molecular complexity index is 637. The predicted octanol–water partition coefficient (Wildman–Crippen LogP) is 0.291. The maximum Gasteiger partial charge on any atom is 0.313 e. The minimum atomic E-state index is -0.921. The number of aliphatic hydroxyl groups excluding tert-OH is 1. The van der Waals surface area contributed by atoms with Crippen LogP contribution in [-0.2, 0) is 31.4 Å². The number of thioether (sulfide) groups is 1. The lowest BCUT2D eigenvalue weighted by Gasteiger charge is -2.08. The summed E-state index contributed by atoms with van der Waals surface area (Å²) in [5, 5.41) is 30.8. The van der Waals surface area contributed by atoms with Gasteiger partial charge in [0.05, 0.1) is 18.0 Å². The van der Waals surface area contributed by atoms with Crippen LogP contribution in [-0.4, -0.2) is 46.5 Å². The van der Waals surface area contributed by atoms with Gasteiger partial charge in [-0.1, -0.05) is 18.7 Å². The van der Waals surface area contributed by atoms with E-state index in [2.05, 4.69) is 15.3 Å². The molecule has 2 rings (SSSR count). The van der Waals surface area contributed by atoms with Crippen molar-refractivity contribution in [2.24, 2.45) is 7.05 Å². The highest BCUT2D eigenvalue weighted by Crippen LogP contribution is 2.20. The van der Waals surface area contributed by atoms with Gasteiger partial charge >= 0.3 is 5.97 Å². The lowest BCUT2D eigenvalue weighted by Crippen LogP contribution is -2.09. The van der Waals surface area contributed by atoms with Gasteiger partial charge in [-0.25, -0.2) is 0 Å². The third-order valence-electron chi connectivity index (χ3n) is 2.91. The molecular formula is C12H17N5O3S. The van der Waals surface area contributed by atoms with Crippen LogP contribution in [0.25, 0.3) is 0 Å². The third-order valence-corrected chi connectivity index (χ3v) is 3.87. The maximum atomic E-state index is 10.7. The van der Waals surface area contributed by atoms with Gasteiger partial charge in [0.2, 0.25) is 0 Å². The van der Waals surface area contributed by atoms with Crippen LogP contribution in [0.1, 0.15) is 24.0 Å². The highest BCUT2D eigenvalue weighted by Gasteiger charge is 2.16. The van der Waals surface area contributed by atoms with Gasteiger partial charge in [-0.3, -0.25) is 14.0 Å². The zero-order chi connectivity index (χ0) is 15.4. The molecule has 0 atom stereocenters. The minimum Gasteiger partial charge on any atom is -0.481 e. The molecule has 0 spiro atoms. The number of aromatic nitrogens is 5. The lowest BCUT2D eigenvalue weighted by atomic mass is 10.2. The first-order chi connectivity index (χ1) is 10.0. The van der Waals surface area contributed by atoms with Crippen molar-refractivity contribution in [3.8, 4) is 0 Å². The first-order valence-electron chi connectivity index (χ1n) is 6.44. The summed E-state index contributed by atoms with van der Waals surface area (Å²) in [4.78, 5) is 10.7. The SMILES string of the molecule is CCc1nn(C)cc1Cn1c(CO)nnc1SCC(=O)O. The summed E-state index contributed by atoms with van der Waals surface area (Å²) >= 11 is 1.08. The van der Waals surface area contributed by atoms with Gasteiger partial charge in [0.15, 0.2) is 11.0 Å². The molecule has 0 saturated carbocycles. The molecule has 21 heavy (non-hydrogen) atoms. The van der Waals surface area contributed by atoms with E-state index in [0.717, 1.165) is 29.4 Å². The molecule has 0 unspecified atom stereocenters. The fourth-order valence-corrected chi connectivity index (χ4v) is 2.69. The molecule has 9 heteroatoms. The second-order valence-electron chi connectivity index (χ2n) is 4.45. The zero-order valence-corrected chi connectivity index (χ0v) is 12.7. The van der Waals surface area contributed by atoms with E-state index in [9.17, 15) is 9.90 Å². The number of aryl methyl sites for hydroxylation is 2. The first kappa shape index (κ1) is 15.5. The summed E-state index contributed by atoms with van der Waals surface area (Å²) in [5.41, 5.74) is 1.97. The summed E-state index contributed by atoms with van der Waals surface area (Å²) in [5.74, 6) is -0.610.